The predicted octanol–water partition coefficient (Wildman–Crippen LogP) is 2.33. The fourth-order valence-corrected chi connectivity index (χ4v) is 1.56. The van der Waals surface area contributed by atoms with Crippen molar-refractivity contribution in [2.45, 2.75) is 20.0 Å². The van der Waals surface area contributed by atoms with Crippen LogP contribution in [0.1, 0.15) is 18.3 Å². The van der Waals surface area contributed by atoms with Gasteiger partial charge in [0.05, 0.1) is 11.4 Å². The van der Waals surface area contributed by atoms with Crippen LogP contribution in [0.25, 0.3) is 0 Å². The molecule has 0 fully saturated rings. The first kappa shape index (κ1) is 16.3. The Balaban J connectivity index is 0.000000204. The number of nitrogens with zero attached hydrogens (tertiary/aromatic N) is 3. The SMILES string of the molecule is CCN(C)Cc1ccccn1.CNCc1ccccn1. The zero-order valence-electron chi connectivity index (χ0n) is 12.6. The second kappa shape index (κ2) is 10.1. The fraction of sp³-hybridized carbons (Fsp3) is 0.375. The highest BCUT2D eigenvalue weighted by Crippen LogP contribution is 1.97. The van der Waals surface area contributed by atoms with Crippen molar-refractivity contribution in [2.75, 3.05) is 20.6 Å². The molecule has 1 N–H and O–H groups in total. The average Bonchev–Trinajstić information content (AvgIpc) is 2.50. The van der Waals surface area contributed by atoms with E-state index in [2.05, 4.69) is 34.2 Å². The Labute approximate surface area is 121 Å². The van der Waals surface area contributed by atoms with Crippen molar-refractivity contribution in [1.82, 2.24) is 20.2 Å². The Morgan fingerprint density at radius 1 is 1.00 bits per heavy atom. The highest BCUT2D eigenvalue weighted by molar-refractivity contribution is 5.03. The van der Waals surface area contributed by atoms with Crippen molar-refractivity contribution in [3.05, 3.63) is 60.2 Å². The van der Waals surface area contributed by atoms with Crippen LogP contribution in [0, 0.1) is 0 Å². The molecule has 2 aromatic rings. The Bertz CT molecular complexity index is 445. The van der Waals surface area contributed by atoms with Gasteiger partial charge in [-0.3, -0.25) is 9.97 Å². The first-order valence-electron chi connectivity index (χ1n) is 6.89. The standard InChI is InChI=1S/C9H14N2.C7H10N2/c1-3-11(2)8-9-6-4-5-7-10-9;1-8-6-7-4-2-3-5-9-7/h4-7H,3,8H2,1-2H3;2-5,8H,6H2,1H3. The van der Waals surface area contributed by atoms with Gasteiger partial charge in [0.2, 0.25) is 0 Å². The van der Waals surface area contributed by atoms with Crippen molar-refractivity contribution in [3.8, 4) is 0 Å². The molecule has 0 saturated carbocycles. The van der Waals surface area contributed by atoms with Crippen LogP contribution in [0.3, 0.4) is 0 Å². The Kier molecular flexibility index (Phi) is 8.19. The van der Waals surface area contributed by atoms with Gasteiger partial charge in [0.1, 0.15) is 0 Å². The van der Waals surface area contributed by atoms with Crippen molar-refractivity contribution in [2.24, 2.45) is 0 Å². The lowest BCUT2D eigenvalue weighted by Crippen LogP contribution is -2.17. The summed E-state index contributed by atoms with van der Waals surface area (Å²) >= 11 is 0. The molecular weight excluding hydrogens is 248 g/mol. The van der Waals surface area contributed by atoms with Crippen molar-refractivity contribution >= 4 is 0 Å². The second-order valence-electron chi connectivity index (χ2n) is 4.50. The van der Waals surface area contributed by atoms with E-state index in [9.17, 15) is 0 Å². The zero-order chi connectivity index (χ0) is 14.6. The van der Waals surface area contributed by atoms with E-state index in [1.54, 1.807) is 6.20 Å². The van der Waals surface area contributed by atoms with E-state index < -0.39 is 0 Å². The normalized spacial score (nSPS) is 10.0. The smallest absolute Gasteiger partial charge is 0.0543 e. The highest BCUT2D eigenvalue weighted by Gasteiger charge is 1.95. The van der Waals surface area contributed by atoms with E-state index in [0.29, 0.717) is 0 Å². The molecule has 0 spiro atoms. The third kappa shape index (κ3) is 6.97. The Hall–Kier alpha value is -1.78. The topological polar surface area (TPSA) is 41.1 Å². The van der Waals surface area contributed by atoms with E-state index in [1.807, 2.05) is 49.6 Å². The van der Waals surface area contributed by atoms with Gasteiger partial charge < -0.3 is 10.2 Å². The maximum Gasteiger partial charge on any atom is 0.0543 e. The lowest BCUT2D eigenvalue weighted by atomic mass is 10.3. The van der Waals surface area contributed by atoms with Crippen LogP contribution in [0.15, 0.2) is 48.8 Å². The molecule has 2 heterocycles. The molecule has 108 valence electrons. The molecule has 0 radical (unpaired) electrons. The summed E-state index contributed by atoms with van der Waals surface area (Å²) in [6, 6.07) is 11.9. The summed E-state index contributed by atoms with van der Waals surface area (Å²) in [6.07, 6.45) is 3.63. The van der Waals surface area contributed by atoms with E-state index in [0.717, 1.165) is 31.0 Å². The molecule has 0 bridgehead atoms. The predicted molar refractivity (Wildman–Crippen MR) is 83.2 cm³/mol. The van der Waals surface area contributed by atoms with Gasteiger partial charge in [0.15, 0.2) is 0 Å². The molecule has 0 unspecified atom stereocenters. The van der Waals surface area contributed by atoms with Crippen molar-refractivity contribution < 1.29 is 0 Å². The number of pyridine rings is 2. The van der Waals surface area contributed by atoms with E-state index in [1.165, 1.54) is 0 Å². The maximum absolute atomic E-state index is 4.22. The quantitative estimate of drug-likeness (QED) is 0.907. The summed E-state index contributed by atoms with van der Waals surface area (Å²) in [5.41, 5.74) is 2.22. The first-order valence-corrected chi connectivity index (χ1v) is 6.89. The summed E-state index contributed by atoms with van der Waals surface area (Å²) in [5, 5.41) is 3.02. The summed E-state index contributed by atoms with van der Waals surface area (Å²) in [4.78, 5) is 10.6. The molecule has 0 aliphatic carbocycles. The fourth-order valence-electron chi connectivity index (χ4n) is 1.56. The molecule has 2 aromatic heterocycles. The van der Waals surface area contributed by atoms with Crippen LogP contribution in [0.4, 0.5) is 0 Å². The molecule has 0 aliphatic rings. The molecule has 4 nitrogen and oxygen atoms in total. The molecule has 0 atom stereocenters. The van der Waals surface area contributed by atoms with Gasteiger partial charge >= 0.3 is 0 Å². The number of aromatic nitrogens is 2. The Morgan fingerprint density at radius 2 is 1.60 bits per heavy atom. The lowest BCUT2D eigenvalue weighted by Gasteiger charge is -2.12. The number of hydrogen-bond acceptors (Lipinski definition) is 4. The number of nitrogens with one attached hydrogen (secondary N) is 1. The largest absolute Gasteiger partial charge is 0.314 e. The first-order chi connectivity index (χ1) is 9.76. The molecule has 0 amide bonds. The van der Waals surface area contributed by atoms with E-state index >= 15 is 0 Å². The molecular formula is C16H24N4. The second-order valence-corrected chi connectivity index (χ2v) is 4.50. The monoisotopic (exact) mass is 272 g/mol. The van der Waals surface area contributed by atoms with Crippen LogP contribution in [-0.2, 0) is 13.1 Å². The number of rotatable bonds is 5. The molecule has 0 aliphatic heterocycles. The molecule has 2 rings (SSSR count). The van der Waals surface area contributed by atoms with Gasteiger partial charge in [0, 0.05) is 25.5 Å². The van der Waals surface area contributed by atoms with Crippen molar-refractivity contribution in [3.63, 3.8) is 0 Å². The van der Waals surface area contributed by atoms with Gasteiger partial charge in [-0.05, 0) is 44.9 Å². The van der Waals surface area contributed by atoms with Gasteiger partial charge in [-0.25, -0.2) is 0 Å². The summed E-state index contributed by atoms with van der Waals surface area (Å²) in [6.45, 7) is 5.00. The molecule has 20 heavy (non-hydrogen) atoms. The van der Waals surface area contributed by atoms with Crippen LogP contribution < -0.4 is 5.32 Å². The lowest BCUT2D eigenvalue weighted by molar-refractivity contribution is 0.341. The van der Waals surface area contributed by atoms with Crippen LogP contribution in [0.5, 0.6) is 0 Å². The third-order valence-corrected chi connectivity index (χ3v) is 2.78. The van der Waals surface area contributed by atoms with E-state index in [-0.39, 0.29) is 0 Å². The molecule has 4 heteroatoms. The van der Waals surface area contributed by atoms with Crippen LogP contribution in [-0.4, -0.2) is 35.5 Å². The van der Waals surface area contributed by atoms with E-state index in [4.69, 9.17) is 0 Å². The van der Waals surface area contributed by atoms with Gasteiger partial charge in [-0.1, -0.05) is 19.1 Å². The van der Waals surface area contributed by atoms with Crippen LogP contribution >= 0.6 is 0 Å². The minimum Gasteiger partial charge on any atom is -0.314 e. The minimum absolute atomic E-state index is 0.848. The number of hydrogen-bond donors (Lipinski definition) is 1. The maximum atomic E-state index is 4.22. The Morgan fingerprint density at radius 3 is 2.05 bits per heavy atom. The van der Waals surface area contributed by atoms with Crippen molar-refractivity contribution in [1.29, 1.82) is 0 Å². The van der Waals surface area contributed by atoms with Gasteiger partial charge in [-0.15, -0.1) is 0 Å². The molecule has 0 saturated heterocycles. The van der Waals surface area contributed by atoms with Gasteiger partial charge in [0.25, 0.3) is 0 Å². The average molecular weight is 272 g/mol. The summed E-state index contributed by atoms with van der Waals surface area (Å²) in [5.74, 6) is 0. The summed E-state index contributed by atoms with van der Waals surface area (Å²) in [7, 11) is 4.00. The third-order valence-electron chi connectivity index (χ3n) is 2.78. The minimum atomic E-state index is 0.848. The zero-order valence-corrected chi connectivity index (χ0v) is 12.6. The molecule has 0 aromatic carbocycles. The summed E-state index contributed by atoms with van der Waals surface area (Å²) < 4.78 is 0. The highest BCUT2D eigenvalue weighted by atomic mass is 15.1. The van der Waals surface area contributed by atoms with Gasteiger partial charge in [-0.2, -0.15) is 0 Å². The van der Waals surface area contributed by atoms with Crippen LogP contribution in [0.2, 0.25) is 0 Å².